The van der Waals surface area contributed by atoms with Gasteiger partial charge in [0, 0.05) is 18.6 Å². The zero-order valence-corrected chi connectivity index (χ0v) is 13.3. The van der Waals surface area contributed by atoms with Gasteiger partial charge in [0.25, 0.3) is 0 Å². The molecule has 21 heavy (non-hydrogen) atoms. The second kappa shape index (κ2) is 6.23. The first-order valence-electron chi connectivity index (χ1n) is 8.60. The van der Waals surface area contributed by atoms with E-state index in [9.17, 15) is 9.90 Å². The van der Waals surface area contributed by atoms with Crippen LogP contribution in [-0.4, -0.2) is 71.7 Å². The van der Waals surface area contributed by atoms with E-state index in [1.165, 1.54) is 32.5 Å². The van der Waals surface area contributed by atoms with E-state index in [-0.39, 0.29) is 0 Å². The number of carboxylic acid groups (broad SMARTS) is 1. The molecule has 4 aliphatic heterocycles. The van der Waals surface area contributed by atoms with Crippen molar-refractivity contribution in [2.45, 2.75) is 51.2 Å². The lowest BCUT2D eigenvalue weighted by atomic mass is 9.73. The van der Waals surface area contributed by atoms with Gasteiger partial charge in [-0.15, -0.1) is 0 Å². The number of carboxylic acids is 1. The molecule has 0 aromatic rings. The van der Waals surface area contributed by atoms with Crippen LogP contribution in [0.15, 0.2) is 0 Å². The lowest BCUT2D eigenvalue weighted by molar-refractivity contribution is -0.140. The molecule has 0 radical (unpaired) electrons. The Bertz CT molecular complexity index is 382. The molecule has 4 unspecified atom stereocenters. The highest BCUT2D eigenvalue weighted by Crippen LogP contribution is 2.44. The van der Waals surface area contributed by atoms with Crippen molar-refractivity contribution in [2.24, 2.45) is 11.8 Å². The molecule has 120 valence electrons. The molecule has 5 heteroatoms. The molecule has 0 amide bonds. The normalized spacial score (nSPS) is 40.2. The first-order valence-corrected chi connectivity index (χ1v) is 8.60. The minimum Gasteiger partial charge on any atom is -0.480 e. The van der Waals surface area contributed by atoms with Crippen LogP contribution in [0, 0.1) is 11.8 Å². The van der Waals surface area contributed by atoms with E-state index < -0.39 is 12.0 Å². The third-order valence-corrected chi connectivity index (χ3v) is 5.98. The van der Waals surface area contributed by atoms with Crippen LogP contribution in [0.2, 0.25) is 0 Å². The minimum atomic E-state index is -0.702. The molecule has 2 bridgehead atoms. The maximum atomic E-state index is 11.5. The van der Waals surface area contributed by atoms with Crippen LogP contribution in [0.3, 0.4) is 0 Å². The van der Waals surface area contributed by atoms with Crippen LogP contribution in [0.4, 0.5) is 0 Å². The van der Waals surface area contributed by atoms with Gasteiger partial charge in [0.15, 0.2) is 0 Å². The quantitative estimate of drug-likeness (QED) is 0.761. The monoisotopic (exact) mass is 295 g/mol. The zero-order valence-electron chi connectivity index (χ0n) is 13.3. The van der Waals surface area contributed by atoms with E-state index in [1.54, 1.807) is 0 Å². The van der Waals surface area contributed by atoms with Crippen molar-refractivity contribution in [1.29, 1.82) is 0 Å². The zero-order chi connectivity index (χ0) is 15.0. The maximum absolute atomic E-state index is 11.5. The van der Waals surface area contributed by atoms with Gasteiger partial charge in [-0.3, -0.25) is 14.6 Å². The molecular weight excluding hydrogens is 266 g/mol. The van der Waals surface area contributed by atoms with Gasteiger partial charge >= 0.3 is 5.97 Å². The van der Waals surface area contributed by atoms with E-state index >= 15 is 0 Å². The molecule has 4 fully saturated rings. The Labute approximate surface area is 127 Å². The third kappa shape index (κ3) is 2.71. The summed E-state index contributed by atoms with van der Waals surface area (Å²) in [6.07, 6.45) is 3.43. The van der Waals surface area contributed by atoms with Crippen LogP contribution in [0.25, 0.3) is 0 Å². The fourth-order valence-electron chi connectivity index (χ4n) is 5.01. The van der Waals surface area contributed by atoms with Crippen molar-refractivity contribution in [1.82, 2.24) is 15.1 Å². The summed E-state index contributed by atoms with van der Waals surface area (Å²) >= 11 is 0. The number of rotatable bonds is 6. The largest absolute Gasteiger partial charge is 0.480 e. The molecule has 0 saturated carbocycles. The first-order chi connectivity index (χ1) is 10.2. The molecule has 4 aliphatic rings. The van der Waals surface area contributed by atoms with Crippen molar-refractivity contribution < 1.29 is 9.90 Å². The molecule has 4 saturated heterocycles. The molecule has 4 rings (SSSR count). The van der Waals surface area contributed by atoms with Crippen LogP contribution in [0.1, 0.15) is 33.1 Å². The number of carbonyl (C=O) groups is 1. The molecule has 0 spiro atoms. The Morgan fingerprint density at radius 2 is 2.05 bits per heavy atom. The fourth-order valence-corrected chi connectivity index (χ4v) is 5.01. The predicted molar refractivity (Wildman–Crippen MR) is 82.3 cm³/mol. The highest BCUT2D eigenvalue weighted by atomic mass is 16.4. The number of piperidine rings is 3. The highest BCUT2D eigenvalue weighted by molar-refractivity contribution is 5.73. The van der Waals surface area contributed by atoms with Gasteiger partial charge in [0.05, 0.1) is 0 Å². The number of likely N-dealkylation sites (tertiary alicyclic amines) is 1. The first kappa shape index (κ1) is 15.3. The van der Waals surface area contributed by atoms with Crippen molar-refractivity contribution in [3.05, 3.63) is 0 Å². The smallest absolute Gasteiger partial charge is 0.320 e. The predicted octanol–water partition coefficient (Wildman–Crippen LogP) is 0.854. The molecule has 0 aliphatic carbocycles. The summed E-state index contributed by atoms with van der Waals surface area (Å²) in [7, 11) is 0. The maximum Gasteiger partial charge on any atom is 0.320 e. The van der Waals surface area contributed by atoms with Gasteiger partial charge in [-0.25, -0.2) is 0 Å². The average Bonchev–Trinajstić information content (AvgIpc) is 2.88. The molecule has 0 aromatic heterocycles. The summed E-state index contributed by atoms with van der Waals surface area (Å²) in [5.74, 6) is 0.947. The Hall–Kier alpha value is -0.650. The summed E-state index contributed by atoms with van der Waals surface area (Å²) < 4.78 is 0. The summed E-state index contributed by atoms with van der Waals surface area (Å²) in [6, 6.07) is 0.593. The highest BCUT2D eigenvalue weighted by Gasteiger charge is 2.52. The second-order valence-corrected chi connectivity index (χ2v) is 6.87. The van der Waals surface area contributed by atoms with Crippen molar-refractivity contribution in [3.63, 3.8) is 0 Å². The van der Waals surface area contributed by atoms with Crippen LogP contribution in [-0.2, 0) is 4.79 Å². The molecule has 5 nitrogen and oxygen atoms in total. The number of likely N-dealkylation sites (N-methyl/N-ethyl adjacent to an activating group) is 2. The topological polar surface area (TPSA) is 55.8 Å². The molecule has 0 aromatic carbocycles. The van der Waals surface area contributed by atoms with E-state index in [1.807, 2.05) is 6.92 Å². The lowest BCUT2D eigenvalue weighted by Gasteiger charge is -2.49. The average molecular weight is 295 g/mol. The van der Waals surface area contributed by atoms with Gasteiger partial charge in [0.1, 0.15) is 6.04 Å². The van der Waals surface area contributed by atoms with Gasteiger partial charge < -0.3 is 10.4 Å². The summed E-state index contributed by atoms with van der Waals surface area (Å²) in [5.41, 5.74) is 0. The van der Waals surface area contributed by atoms with Gasteiger partial charge in [-0.1, -0.05) is 13.8 Å². The summed E-state index contributed by atoms with van der Waals surface area (Å²) in [6.45, 7) is 9.57. The molecule has 2 N–H and O–H groups in total. The summed E-state index contributed by atoms with van der Waals surface area (Å²) in [5, 5.41) is 12.6. The minimum absolute atomic E-state index is 0.406. The van der Waals surface area contributed by atoms with Crippen LogP contribution >= 0.6 is 0 Å². The van der Waals surface area contributed by atoms with Gasteiger partial charge in [-0.2, -0.15) is 0 Å². The van der Waals surface area contributed by atoms with Crippen LogP contribution < -0.4 is 5.32 Å². The Morgan fingerprint density at radius 3 is 2.62 bits per heavy atom. The fraction of sp³-hybridized carbons (Fsp3) is 0.938. The third-order valence-electron chi connectivity index (χ3n) is 5.98. The van der Waals surface area contributed by atoms with Gasteiger partial charge in [0.2, 0.25) is 0 Å². The molecular formula is C16H29N3O2. The molecule has 4 heterocycles. The number of hydrogen-bond donors (Lipinski definition) is 2. The summed E-state index contributed by atoms with van der Waals surface area (Å²) in [4.78, 5) is 16.7. The lowest BCUT2D eigenvalue weighted by Crippen LogP contribution is -2.58. The van der Waals surface area contributed by atoms with Gasteiger partial charge in [-0.05, 0) is 57.3 Å². The SMILES string of the molecule is CCNC(CC1C2C(CN1CC)C1CCN2CC1)C(=O)O. The van der Waals surface area contributed by atoms with E-state index in [0.717, 1.165) is 31.3 Å². The Balaban J connectivity index is 1.76. The van der Waals surface area contributed by atoms with E-state index in [2.05, 4.69) is 22.0 Å². The molecule has 4 atom stereocenters. The number of nitrogens with one attached hydrogen (secondary N) is 1. The van der Waals surface area contributed by atoms with Crippen molar-refractivity contribution in [3.8, 4) is 0 Å². The van der Waals surface area contributed by atoms with Crippen LogP contribution in [0.5, 0.6) is 0 Å². The second-order valence-electron chi connectivity index (χ2n) is 6.87. The Morgan fingerprint density at radius 1 is 1.33 bits per heavy atom. The number of hydrogen-bond acceptors (Lipinski definition) is 4. The number of aliphatic carboxylic acids is 1. The van der Waals surface area contributed by atoms with Crippen molar-refractivity contribution >= 4 is 5.97 Å². The van der Waals surface area contributed by atoms with Crippen molar-refractivity contribution in [2.75, 3.05) is 32.7 Å². The number of nitrogens with zero attached hydrogens (tertiary/aromatic N) is 2. The van der Waals surface area contributed by atoms with E-state index in [4.69, 9.17) is 0 Å². The van der Waals surface area contributed by atoms with E-state index in [0.29, 0.717) is 12.1 Å². The Kier molecular flexibility index (Phi) is 4.52. The standard InChI is InChI=1S/C16H29N3O2/c1-3-17-13(16(20)21)9-14-15-12(10-18(14)4-2)11-5-7-19(15)8-6-11/h11-15,17H,3-10H2,1-2H3,(H,20,21). The number of fused-ring (bicyclic) bond motifs is 2.